The molecule has 124 valence electrons. The minimum Gasteiger partial charge on any atom is -0.347 e. The maximum absolute atomic E-state index is 12.5. The molecular weight excluding hydrogens is 394 g/mol. The van der Waals surface area contributed by atoms with Crippen LogP contribution in [0, 0.1) is 0 Å². The molecular formula is C16H14BrN3O3S. The van der Waals surface area contributed by atoms with Gasteiger partial charge in [-0.3, -0.25) is 4.79 Å². The van der Waals surface area contributed by atoms with Crippen LogP contribution in [-0.4, -0.2) is 23.9 Å². The zero-order chi connectivity index (χ0) is 17.3. The second kappa shape index (κ2) is 6.37. The van der Waals surface area contributed by atoms with Crippen molar-refractivity contribution >= 4 is 42.8 Å². The molecule has 0 atom stereocenters. The number of para-hydroxylation sites is 1. The maximum Gasteiger partial charge on any atom is 0.267 e. The van der Waals surface area contributed by atoms with Gasteiger partial charge in [0.25, 0.3) is 15.9 Å². The van der Waals surface area contributed by atoms with E-state index in [2.05, 4.69) is 25.6 Å². The van der Waals surface area contributed by atoms with Crippen LogP contribution in [0.4, 0.5) is 0 Å². The molecule has 3 aromatic rings. The van der Waals surface area contributed by atoms with E-state index in [1.54, 1.807) is 12.3 Å². The largest absolute Gasteiger partial charge is 0.347 e. The van der Waals surface area contributed by atoms with Gasteiger partial charge < -0.3 is 4.57 Å². The Bertz CT molecular complexity index is 1010. The van der Waals surface area contributed by atoms with Gasteiger partial charge in [0.05, 0.1) is 5.56 Å². The van der Waals surface area contributed by atoms with Crippen molar-refractivity contribution in [3.05, 3.63) is 59.0 Å². The highest BCUT2D eigenvalue weighted by Crippen LogP contribution is 2.22. The number of halogens is 1. The number of fused-ring (bicyclic) bond motifs is 1. The number of aryl methyl sites for hydroxylation is 1. The molecule has 2 aromatic heterocycles. The summed E-state index contributed by atoms with van der Waals surface area (Å²) in [4.78, 5) is 16.3. The Hall–Kier alpha value is -2.19. The summed E-state index contributed by atoms with van der Waals surface area (Å²) in [5.74, 6) is -0.665. The zero-order valence-electron chi connectivity index (χ0n) is 12.7. The second-order valence-corrected chi connectivity index (χ2v) is 7.59. The van der Waals surface area contributed by atoms with E-state index in [4.69, 9.17) is 0 Å². The molecule has 0 aliphatic heterocycles. The Balaban J connectivity index is 1.97. The number of carbonyl (C=O) groups is 1. The number of hydrogen-bond donors (Lipinski definition) is 1. The first-order valence-corrected chi connectivity index (χ1v) is 9.46. The van der Waals surface area contributed by atoms with Gasteiger partial charge in [-0.1, -0.05) is 18.2 Å². The summed E-state index contributed by atoms with van der Waals surface area (Å²) in [6.45, 7) is 2.63. The molecule has 0 spiro atoms. The number of aromatic nitrogens is 2. The number of benzene rings is 1. The third-order valence-corrected chi connectivity index (χ3v) is 5.40. The van der Waals surface area contributed by atoms with Crippen LogP contribution in [0.25, 0.3) is 10.9 Å². The third kappa shape index (κ3) is 3.07. The highest BCUT2D eigenvalue weighted by Gasteiger charge is 2.22. The Labute approximate surface area is 147 Å². The Morgan fingerprint density at radius 3 is 2.67 bits per heavy atom. The molecule has 0 aliphatic carbocycles. The number of sulfonamides is 1. The fourth-order valence-electron chi connectivity index (χ4n) is 2.45. The van der Waals surface area contributed by atoms with Gasteiger partial charge in [-0.15, -0.1) is 0 Å². The monoisotopic (exact) mass is 407 g/mol. The highest BCUT2D eigenvalue weighted by molar-refractivity contribution is 9.10. The van der Waals surface area contributed by atoms with Crippen LogP contribution in [0.1, 0.15) is 17.3 Å². The molecule has 0 saturated heterocycles. The van der Waals surface area contributed by atoms with Crippen LogP contribution < -0.4 is 4.72 Å². The topological polar surface area (TPSA) is 81.1 Å². The number of pyridine rings is 1. The van der Waals surface area contributed by atoms with E-state index in [1.165, 1.54) is 18.3 Å². The minimum absolute atomic E-state index is 0.0710. The molecule has 0 bridgehead atoms. The lowest BCUT2D eigenvalue weighted by atomic mass is 10.2. The van der Waals surface area contributed by atoms with Crippen molar-refractivity contribution in [2.24, 2.45) is 0 Å². The van der Waals surface area contributed by atoms with Crippen LogP contribution >= 0.6 is 15.9 Å². The predicted octanol–water partition coefficient (Wildman–Crippen LogP) is 2.94. The molecule has 6 nitrogen and oxygen atoms in total. The highest BCUT2D eigenvalue weighted by atomic mass is 79.9. The lowest BCUT2D eigenvalue weighted by Crippen LogP contribution is -2.30. The van der Waals surface area contributed by atoms with Crippen LogP contribution in [0.3, 0.4) is 0 Å². The van der Waals surface area contributed by atoms with E-state index in [0.29, 0.717) is 22.1 Å². The minimum atomic E-state index is -3.98. The van der Waals surface area contributed by atoms with Crippen molar-refractivity contribution in [3.63, 3.8) is 0 Å². The summed E-state index contributed by atoms with van der Waals surface area (Å²) in [5.41, 5.74) is 1.20. The summed E-state index contributed by atoms with van der Waals surface area (Å²) >= 11 is 3.14. The summed E-state index contributed by atoms with van der Waals surface area (Å²) in [6.07, 6.45) is 2.85. The van der Waals surface area contributed by atoms with E-state index in [9.17, 15) is 13.2 Å². The van der Waals surface area contributed by atoms with E-state index >= 15 is 0 Å². The van der Waals surface area contributed by atoms with Crippen molar-refractivity contribution in [2.75, 3.05) is 0 Å². The van der Waals surface area contributed by atoms with E-state index in [-0.39, 0.29) is 4.90 Å². The standard InChI is InChI=1S/C16H14BrN3O3S/c1-2-20-10-13(12-5-3-4-6-14(12)20)16(21)19-24(22,23)11-7-8-15(17)18-9-11/h3-10H,2H2,1H3,(H,19,21). The quantitative estimate of drug-likeness (QED) is 0.674. The van der Waals surface area contributed by atoms with Gasteiger partial charge in [0, 0.05) is 29.8 Å². The second-order valence-electron chi connectivity index (χ2n) is 5.10. The average molecular weight is 408 g/mol. The van der Waals surface area contributed by atoms with Crippen LogP contribution in [0.15, 0.2) is 58.3 Å². The first-order valence-electron chi connectivity index (χ1n) is 7.19. The number of nitrogens with one attached hydrogen (secondary N) is 1. The van der Waals surface area contributed by atoms with Crippen LogP contribution in [0.2, 0.25) is 0 Å². The third-order valence-electron chi connectivity index (χ3n) is 3.61. The van der Waals surface area contributed by atoms with E-state index in [1.807, 2.05) is 29.7 Å². The van der Waals surface area contributed by atoms with Gasteiger partial charge in [-0.05, 0) is 41.1 Å². The average Bonchev–Trinajstić information content (AvgIpc) is 2.94. The molecule has 8 heteroatoms. The van der Waals surface area contributed by atoms with E-state index in [0.717, 1.165) is 5.52 Å². The van der Waals surface area contributed by atoms with Gasteiger partial charge in [0.15, 0.2) is 0 Å². The van der Waals surface area contributed by atoms with E-state index < -0.39 is 15.9 Å². The molecule has 3 rings (SSSR count). The number of hydrogen-bond acceptors (Lipinski definition) is 4. The Morgan fingerprint density at radius 1 is 1.25 bits per heavy atom. The molecule has 0 unspecified atom stereocenters. The van der Waals surface area contributed by atoms with Crippen LogP contribution in [-0.2, 0) is 16.6 Å². The van der Waals surface area contributed by atoms with Gasteiger partial charge in [-0.25, -0.2) is 18.1 Å². The molecule has 1 amide bonds. The fraction of sp³-hybridized carbons (Fsp3) is 0.125. The molecule has 1 N–H and O–H groups in total. The van der Waals surface area contributed by atoms with Crippen LogP contribution in [0.5, 0.6) is 0 Å². The maximum atomic E-state index is 12.5. The molecule has 0 radical (unpaired) electrons. The summed E-state index contributed by atoms with van der Waals surface area (Å²) < 4.78 is 29.2. The molecule has 1 aromatic carbocycles. The first-order chi connectivity index (χ1) is 11.4. The number of amides is 1. The predicted molar refractivity (Wildman–Crippen MR) is 94.2 cm³/mol. The van der Waals surface area contributed by atoms with Crippen molar-refractivity contribution < 1.29 is 13.2 Å². The van der Waals surface area contributed by atoms with Gasteiger partial charge in [-0.2, -0.15) is 0 Å². The van der Waals surface area contributed by atoms with Crippen molar-refractivity contribution in [1.29, 1.82) is 0 Å². The molecule has 0 saturated carbocycles. The van der Waals surface area contributed by atoms with Crippen molar-refractivity contribution in [2.45, 2.75) is 18.4 Å². The smallest absolute Gasteiger partial charge is 0.267 e. The summed E-state index contributed by atoms with van der Waals surface area (Å²) in [7, 11) is -3.98. The molecule has 0 fully saturated rings. The summed E-state index contributed by atoms with van der Waals surface area (Å²) in [6, 6.07) is 10.3. The van der Waals surface area contributed by atoms with Gasteiger partial charge >= 0.3 is 0 Å². The molecule has 0 aliphatic rings. The molecule has 24 heavy (non-hydrogen) atoms. The Morgan fingerprint density at radius 2 is 2.00 bits per heavy atom. The van der Waals surface area contributed by atoms with Gasteiger partial charge in [0.2, 0.25) is 0 Å². The SMILES string of the molecule is CCn1cc(C(=O)NS(=O)(=O)c2ccc(Br)nc2)c2ccccc21. The number of rotatable bonds is 4. The lowest BCUT2D eigenvalue weighted by molar-refractivity contribution is 0.0983. The normalized spacial score (nSPS) is 11.6. The Kier molecular flexibility index (Phi) is 4.42. The zero-order valence-corrected chi connectivity index (χ0v) is 15.1. The first kappa shape index (κ1) is 16.7. The van der Waals surface area contributed by atoms with Crippen molar-refractivity contribution in [1.82, 2.24) is 14.3 Å². The fourth-order valence-corrected chi connectivity index (χ4v) is 3.59. The number of carbonyl (C=O) groups excluding carboxylic acids is 1. The summed E-state index contributed by atoms with van der Waals surface area (Å²) in [5, 5.41) is 0.709. The van der Waals surface area contributed by atoms with Crippen molar-refractivity contribution in [3.8, 4) is 0 Å². The number of nitrogens with zero attached hydrogens (tertiary/aromatic N) is 2. The van der Waals surface area contributed by atoms with Gasteiger partial charge in [0.1, 0.15) is 9.50 Å². The molecule has 2 heterocycles. The lowest BCUT2D eigenvalue weighted by Gasteiger charge is -2.06.